The van der Waals surface area contributed by atoms with Crippen molar-refractivity contribution in [2.75, 3.05) is 39.2 Å². The number of hydrogen-bond donors (Lipinski definition) is 1. The number of carbonyl (C=O) groups is 1. The molecule has 0 aliphatic rings. The number of fused-ring (bicyclic) bond motifs is 1. The van der Waals surface area contributed by atoms with Crippen LogP contribution in [-0.4, -0.2) is 45.2 Å². The van der Waals surface area contributed by atoms with Gasteiger partial charge in [0.25, 0.3) is 5.91 Å². The van der Waals surface area contributed by atoms with Gasteiger partial charge in [-0.3, -0.25) is 9.69 Å². The van der Waals surface area contributed by atoms with Crippen LogP contribution in [-0.2, 0) is 0 Å². The number of benzene rings is 2. The highest BCUT2D eigenvalue weighted by molar-refractivity contribution is 7.22. The van der Waals surface area contributed by atoms with Gasteiger partial charge < -0.3 is 9.64 Å². The predicted molar refractivity (Wildman–Crippen MR) is 107 cm³/mol. The Balaban J connectivity index is 1.98. The highest BCUT2D eigenvalue weighted by atomic mass is 32.1. The second-order valence-electron chi connectivity index (χ2n) is 6.61. The van der Waals surface area contributed by atoms with Crippen LogP contribution in [0.15, 0.2) is 42.5 Å². The number of quaternary nitrogens is 1. The summed E-state index contributed by atoms with van der Waals surface area (Å²) in [7, 11) is 5.76. The van der Waals surface area contributed by atoms with Crippen molar-refractivity contribution in [2.45, 2.75) is 6.92 Å². The number of likely N-dealkylation sites (N-methyl/N-ethyl adjacent to an activating group) is 1. The summed E-state index contributed by atoms with van der Waals surface area (Å²) in [6.45, 7) is 3.51. The van der Waals surface area contributed by atoms with E-state index in [4.69, 9.17) is 9.72 Å². The molecule has 3 rings (SSSR count). The van der Waals surface area contributed by atoms with Crippen molar-refractivity contribution < 1.29 is 14.4 Å². The molecule has 2 aromatic carbocycles. The van der Waals surface area contributed by atoms with Gasteiger partial charge in [-0.1, -0.05) is 23.5 Å². The Kier molecular flexibility index (Phi) is 5.54. The van der Waals surface area contributed by atoms with Crippen molar-refractivity contribution in [1.82, 2.24) is 4.98 Å². The average molecular weight is 370 g/mol. The molecule has 0 aliphatic heterocycles. The number of hydrogen-bond acceptors (Lipinski definition) is 4. The molecule has 0 unspecified atom stereocenters. The van der Waals surface area contributed by atoms with Crippen molar-refractivity contribution in [3.05, 3.63) is 53.6 Å². The van der Waals surface area contributed by atoms with Gasteiger partial charge in [0, 0.05) is 5.56 Å². The Hall–Kier alpha value is -2.44. The van der Waals surface area contributed by atoms with Gasteiger partial charge in [-0.15, -0.1) is 0 Å². The number of nitrogens with one attached hydrogen (secondary N) is 1. The Morgan fingerprint density at radius 2 is 2.04 bits per heavy atom. The number of carbonyl (C=O) groups excluding carboxylic acids is 1. The molecule has 0 saturated carbocycles. The summed E-state index contributed by atoms with van der Waals surface area (Å²) in [4.78, 5) is 21.0. The highest BCUT2D eigenvalue weighted by Gasteiger charge is 2.22. The monoisotopic (exact) mass is 370 g/mol. The first-order chi connectivity index (χ1) is 12.5. The normalized spacial score (nSPS) is 11.1. The van der Waals surface area contributed by atoms with Gasteiger partial charge in [0.1, 0.15) is 5.75 Å². The van der Waals surface area contributed by atoms with Crippen LogP contribution >= 0.6 is 11.3 Å². The molecular weight excluding hydrogens is 346 g/mol. The summed E-state index contributed by atoms with van der Waals surface area (Å²) < 4.78 is 6.36. The van der Waals surface area contributed by atoms with E-state index in [1.54, 1.807) is 29.4 Å². The molecule has 1 amide bonds. The fourth-order valence-electron chi connectivity index (χ4n) is 2.67. The number of anilines is 1. The Bertz CT molecular complexity index is 920. The van der Waals surface area contributed by atoms with Crippen LogP contribution < -0.4 is 14.5 Å². The molecule has 3 aromatic rings. The Morgan fingerprint density at radius 3 is 2.77 bits per heavy atom. The molecule has 0 saturated heterocycles. The lowest BCUT2D eigenvalue weighted by atomic mass is 10.2. The summed E-state index contributed by atoms with van der Waals surface area (Å²) >= 11 is 1.56. The van der Waals surface area contributed by atoms with E-state index in [-0.39, 0.29) is 5.91 Å². The van der Waals surface area contributed by atoms with Gasteiger partial charge in [-0.25, -0.2) is 4.98 Å². The maximum atomic E-state index is 13.2. The second kappa shape index (κ2) is 7.85. The smallest absolute Gasteiger partial charge is 0.260 e. The van der Waals surface area contributed by atoms with Crippen molar-refractivity contribution >= 4 is 32.6 Å². The summed E-state index contributed by atoms with van der Waals surface area (Å²) in [6.07, 6.45) is 0. The molecule has 5 nitrogen and oxygen atoms in total. The molecule has 1 aromatic heterocycles. The summed E-state index contributed by atoms with van der Waals surface area (Å²) in [6, 6.07) is 13.4. The molecule has 0 spiro atoms. The van der Waals surface area contributed by atoms with E-state index < -0.39 is 0 Å². The molecule has 1 heterocycles. The fraction of sp³-hybridized carbons (Fsp3) is 0.300. The van der Waals surface area contributed by atoms with Crippen LogP contribution in [0.5, 0.6) is 5.75 Å². The van der Waals surface area contributed by atoms with E-state index in [2.05, 4.69) is 27.1 Å². The van der Waals surface area contributed by atoms with Crippen LogP contribution in [0, 0.1) is 6.92 Å². The maximum absolute atomic E-state index is 13.2. The Morgan fingerprint density at radius 1 is 1.23 bits per heavy atom. The topological polar surface area (TPSA) is 46.9 Å². The first-order valence-corrected chi connectivity index (χ1v) is 9.41. The van der Waals surface area contributed by atoms with Crippen molar-refractivity contribution in [2.24, 2.45) is 0 Å². The number of thiazole rings is 1. The molecular formula is C20H24N3O2S+. The largest absolute Gasteiger partial charge is 0.497 e. The van der Waals surface area contributed by atoms with Gasteiger partial charge in [-0.05, 0) is 42.8 Å². The van der Waals surface area contributed by atoms with Crippen LogP contribution in [0.25, 0.3) is 10.2 Å². The van der Waals surface area contributed by atoms with Crippen molar-refractivity contribution in [3.8, 4) is 5.75 Å². The molecule has 0 aliphatic carbocycles. The zero-order chi connectivity index (χ0) is 18.7. The Labute approximate surface area is 157 Å². The third-order valence-corrected chi connectivity index (χ3v) is 5.20. The molecule has 6 heteroatoms. The van der Waals surface area contributed by atoms with Gasteiger partial charge in [0.05, 0.1) is 44.5 Å². The number of amides is 1. The van der Waals surface area contributed by atoms with Gasteiger partial charge in [0.2, 0.25) is 0 Å². The number of nitrogens with zero attached hydrogens (tertiary/aromatic N) is 2. The van der Waals surface area contributed by atoms with Crippen molar-refractivity contribution in [1.29, 1.82) is 0 Å². The lowest BCUT2D eigenvalue weighted by Gasteiger charge is -2.21. The number of rotatable bonds is 6. The summed E-state index contributed by atoms with van der Waals surface area (Å²) in [5.74, 6) is 0.620. The number of methoxy groups -OCH3 is 1. The van der Waals surface area contributed by atoms with Crippen LogP contribution in [0.2, 0.25) is 0 Å². The minimum Gasteiger partial charge on any atom is -0.497 e. The van der Waals surface area contributed by atoms with Gasteiger partial charge in [0.15, 0.2) is 5.13 Å². The minimum absolute atomic E-state index is 0.0547. The highest BCUT2D eigenvalue weighted by Crippen LogP contribution is 2.30. The number of aryl methyl sites for hydroxylation is 1. The molecule has 0 bridgehead atoms. The number of ether oxygens (including phenoxy) is 1. The number of aromatic nitrogens is 1. The lowest BCUT2D eigenvalue weighted by Crippen LogP contribution is -3.06. The van der Waals surface area contributed by atoms with E-state index in [9.17, 15) is 4.79 Å². The maximum Gasteiger partial charge on any atom is 0.260 e. The van der Waals surface area contributed by atoms with E-state index in [1.165, 1.54) is 10.5 Å². The van der Waals surface area contributed by atoms with Gasteiger partial charge >= 0.3 is 0 Å². The summed E-state index contributed by atoms with van der Waals surface area (Å²) in [5, 5.41) is 0.736. The standard InChI is InChI=1S/C20H23N3O2S/c1-14-8-9-17-18(12-14)26-20(21-17)23(11-10-22(2)3)19(24)15-6-5-7-16(13-15)25-4/h5-9,12-13H,10-11H2,1-4H3/p+1. The summed E-state index contributed by atoms with van der Waals surface area (Å²) in [5.41, 5.74) is 2.72. The zero-order valence-corrected chi connectivity index (χ0v) is 16.4. The third kappa shape index (κ3) is 4.03. The molecule has 0 fully saturated rings. The van der Waals surface area contributed by atoms with E-state index in [1.807, 2.05) is 30.3 Å². The lowest BCUT2D eigenvalue weighted by molar-refractivity contribution is -0.856. The molecule has 0 atom stereocenters. The molecule has 1 N–H and O–H groups in total. The quantitative estimate of drug-likeness (QED) is 0.725. The first kappa shape index (κ1) is 18.4. The molecule has 0 radical (unpaired) electrons. The predicted octanol–water partition coefficient (Wildman–Crippen LogP) is 2.40. The van der Waals surface area contributed by atoms with E-state index in [0.717, 1.165) is 21.9 Å². The van der Waals surface area contributed by atoms with Crippen LogP contribution in [0.3, 0.4) is 0 Å². The van der Waals surface area contributed by atoms with Gasteiger partial charge in [-0.2, -0.15) is 0 Å². The van der Waals surface area contributed by atoms with Crippen molar-refractivity contribution in [3.63, 3.8) is 0 Å². The second-order valence-corrected chi connectivity index (χ2v) is 7.62. The average Bonchev–Trinajstić information content (AvgIpc) is 3.04. The van der Waals surface area contributed by atoms with E-state index in [0.29, 0.717) is 17.9 Å². The first-order valence-electron chi connectivity index (χ1n) is 8.60. The molecule has 136 valence electrons. The fourth-order valence-corrected chi connectivity index (χ4v) is 3.75. The zero-order valence-electron chi connectivity index (χ0n) is 15.6. The SMILES string of the molecule is COc1cccc(C(=O)N(CC[NH+](C)C)c2nc3ccc(C)cc3s2)c1. The minimum atomic E-state index is -0.0547. The van der Waals surface area contributed by atoms with Crippen LogP contribution in [0.4, 0.5) is 5.13 Å². The third-order valence-electron chi connectivity index (χ3n) is 4.16. The molecule has 26 heavy (non-hydrogen) atoms. The van der Waals surface area contributed by atoms with Crippen LogP contribution in [0.1, 0.15) is 15.9 Å². The van der Waals surface area contributed by atoms with E-state index >= 15 is 0 Å².